The number of carbonyl (C=O) groups is 1. The Morgan fingerprint density at radius 1 is 1.28 bits per heavy atom. The van der Waals surface area contributed by atoms with Crippen molar-refractivity contribution < 1.29 is 14.4 Å². The van der Waals surface area contributed by atoms with Crippen LogP contribution >= 0.6 is 0 Å². The van der Waals surface area contributed by atoms with E-state index in [4.69, 9.17) is 4.52 Å². The monoisotopic (exact) mass is 341 g/mol. The Kier molecular flexibility index (Phi) is 5.20. The molecule has 1 amide bonds. The Bertz CT molecular complexity index is 828. The molecule has 25 heavy (non-hydrogen) atoms. The van der Waals surface area contributed by atoms with E-state index in [0.717, 1.165) is 11.1 Å². The molecule has 0 bridgehead atoms. The average Bonchev–Trinajstić information content (AvgIpc) is 3.24. The molecular formula is C17H19N5O3. The molecule has 1 N–H and O–H groups in total. The number of aromatic nitrogens is 4. The number of amides is 1. The fraction of sp³-hybridized carbons (Fsp3) is 0.294. The van der Waals surface area contributed by atoms with Gasteiger partial charge in [-0.1, -0.05) is 35.5 Å². The van der Waals surface area contributed by atoms with E-state index in [1.54, 1.807) is 13.1 Å². The first-order valence-electron chi connectivity index (χ1n) is 7.91. The molecule has 0 saturated carbocycles. The van der Waals surface area contributed by atoms with Crippen molar-refractivity contribution in [2.24, 2.45) is 0 Å². The van der Waals surface area contributed by atoms with E-state index in [1.165, 1.54) is 4.90 Å². The zero-order chi connectivity index (χ0) is 17.6. The van der Waals surface area contributed by atoms with Gasteiger partial charge in [-0.05, 0) is 5.56 Å². The van der Waals surface area contributed by atoms with Gasteiger partial charge in [0, 0.05) is 31.8 Å². The van der Waals surface area contributed by atoms with Gasteiger partial charge in [0.05, 0.1) is 19.3 Å². The van der Waals surface area contributed by atoms with Gasteiger partial charge in [-0.25, -0.2) is 0 Å². The van der Waals surface area contributed by atoms with Crippen molar-refractivity contribution in [1.82, 2.24) is 24.8 Å². The minimum Gasteiger partial charge on any atom is -0.395 e. The SMILES string of the molecule is Cc1nc(C(=O)N(CCO)Cc2cnn(Cc3ccccc3)c2)no1. The lowest BCUT2D eigenvalue weighted by Gasteiger charge is -2.19. The summed E-state index contributed by atoms with van der Waals surface area (Å²) in [6.07, 6.45) is 3.59. The lowest BCUT2D eigenvalue weighted by molar-refractivity contribution is 0.0692. The highest BCUT2D eigenvalue weighted by molar-refractivity contribution is 5.90. The lowest BCUT2D eigenvalue weighted by atomic mass is 10.2. The number of aryl methyl sites for hydroxylation is 1. The van der Waals surface area contributed by atoms with E-state index in [9.17, 15) is 9.90 Å². The van der Waals surface area contributed by atoms with Crippen molar-refractivity contribution in [2.45, 2.75) is 20.0 Å². The first-order valence-corrected chi connectivity index (χ1v) is 7.91. The zero-order valence-electron chi connectivity index (χ0n) is 13.9. The van der Waals surface area contributed by atoms with Crippen LogP contribution in [0.3, 0.4) is 0 Å². The summed E-state index contributed by atoms with van der Waals surface area (Å²) in [5.41, 5.74) is 2.00. The maximum absolute atomic E-state index is 12.5. The van der Waals surface area contributed by atoms with Gasteiger partial charge in [0.25, 0.3) is 11.7 Å². The second-order valence-electron chi connectivity index (χ2n) is 5.62. The molecule has 0 aliphatic heterocycles. The van der Waals surface area contributed by atoms with Crippen LogP contribution in [0, 0.1) is 6.92 Å². The molecule has 2 heterocycles. The topological polar surface area (TPSA) is 97.3 Å². The molecule has 0 spiro atoms. The minimum absolute atomic E-state index is 0.0115. The summed E-state index contributed by atoms with van der Waals surface area (Å²) in [4.78, 5) is 17.9. The Balaban J connectivity index is 1.69. The molecule has 0 unspecified atom stereocenters. The first-order chi connectivity index (χ1) is 12.2. The molecule has 0 aliphatic carbocycles. The number of carbonyl (C=O) groups excluding carboxylic acids is 1. The van der Waals surface area contributed by atoms with Crippen molar-refractivity contribution in [3.8, 4) is 0 Å². The molecule has 8 nitrogen and oxygen atoms in total. The largest absolute Gasteiger partial charge is 0.395 e. The van der Waals surface area contributed by atoms with Crippen LogP contribution in [0.15, 0.2) is 47.2 Å². The summed E-state index contributed by atoms with van der Waals surface area (Å²) in [6, 6.07) is 9.99. The number of nitrogens with zero attached hydrogens (tertiary/aromatic N) is 5. The van der Waals surface area contributed by atoms with Crippen molar-refractivity contribution >= 4 is 5.91 Å². The summed E-state index contributed by atoms with van der Waals surface area (Å²) in [5, 5.41) is 17.2. The molecule has 8 heteroatoms. The minimum atomic E-state index is -0.387. The van der Waals surface area contributed by atoms with Gasteiger partial charge in [-0.3, -0.25) is 9.48 Å². The van der Waals surface area contributed by atoms with Gasteiger partial charge in [0.2, 0.25) is 5.89 Å². The van der Waals surface area contributed by atoms with E-state index >= 15 is 0 Å². The molecule has 130 valence electrons. The van der Waals surface area contributed by atoms with Crippen LogP contribution in [0.1, 0.15) is 27.6 Å². The molecule has 0 aliphatic rings. The van der Waals surface area contributed by atoms with Crippen molar-refractivity contribution in [1.29, 1.82) is 0 Å². The Morgan fingerprint density at radius 2 is 2.08 bits per heavy atom. The van der Waals surface area contributed by atoms with Crippen LogP contribution in [0.25, 0.3) is 0 Å². The highest BCUT2D eigenvalue weighted by atomic mass is 16.5. The predicted molar refractivity (Wildman–Crippen MR) is 88.6 cm³/mol. The summed E-state index contributed by atoms with van der Waals surface area (Å²) < 4.78 is 6.66. The molecule has 3 aromatic rings. The lowest BCUT2D eigenvalue weighted by Crippen LogP contribution is -2.33. The van der Waals surface area contributed by atoms with Gasteiger partial charge in [-0.2, -0.15) is 10.1 Å². The van der Waals surface area contributed by atoms with Crippen LogP contribution in [0.5, 0.6) is 0 Å². The molecule has 2 aromatic heterocycles. The highest BCUT2D eigenvalue weighted by Gasteiger charge is 2.21. The Labute approximate surface area is 144 Å². The fourth-order valence-electron chi connectivity index (χ4n) is 2.47. The molecule has 3 rings (SSSR count). The standard InChI is InChI=1S/C17H19N5O3/c1-13-19-16(20-25-13)17(24)21(7-8-23)10-15-9-18-22(12-15)11-14-5-3-2-4-6-14/h2-6,9,12,23H,7-8,10-11H2,1H3. The number of aliphatic hydroxyl groups excluding tert-OH is 1. The van der Waals surface area contributed by atoms with Crippen LogP contribution in [0.2, 0.25) is 0 Å². The number of benzene rings is 1. The third-order valence-electron chi connectivity index (χ3n) is 3.62. The van der Waals surface area contributed by atoms with Crippen LogP contribution in [-0.4, -0.2) is 49.0 Å². The number of hydrogen-bond donors (Lipinski definition) is 1. The number of aliphatic hydroxyl groups is 1. The maximum atomic E-state index is 12.5. The molecule has 0 radical (unpaired) electrons. The molecule has 1 aromatic carbocycles. The zero-order valence-corrected chi connectivity index (χ0v) is 13.9. The van der Waals surface area contributed by atoms with Crippen molar-refractivity contribution in [2.75, 3.05) is 13.2 Å². The second-order valence-corrected chi connectivity index (χ2v) is 5.62. The Hall–Kier alpha value is -3.00. The normalized spacial score (nSPS) is 10.8. The fourth-order valence-corrected chi connectivity index (χ4v) is 2.47. The van der Waals surface area contributed by atoms with Crippen LogP contribution in [0.4, 0.5) is 0 Å². The van der Waals surface area contributed by atoms with E-state index in [2.05, 4.69) is 15.2 Å². The quantitative estimate of drug-likeness (QED) is 0.695. The van der Waals surface area contributed by atoms with Gasteiger partial charge in [0.1, 0.15) is 0 Å². The van der Waals surface area contributed by atoms with E-state index < -0.39 is 0 Å². The van der Waals surface area contributed by atoms with Gasteiger partial charge in [-0.15, -0.1) is 0 Å². The van der Waals surface area contributed by atoms with E-state index in [-0.39, 0.29) is 24.9 Å². The third-order valence-corrected chi connectivity index (χ3v) is 3.62. The molecule has 0 atom stereocenters. The van der Waals surface area contributed by atoms with E-state index in [1.807, 2.05) is 41.2 Å². The smallest absolute Gasteiger partial charge is 0.295 e. The first kappa shape index (κ1) is 16.8. The predicted octanol–water partition coefficient (Wildman–Crippen LogP) is 1.26. The summed E-state index contributed by atoms with van der Waals surface area (Å²) in [5.74, 6) is -0.0766. The van der Waals surface area contributed by atoms with Crippen molar-refractivity contribution in [3.05, 3.63) is 65.6 Å². The molecule has 0 fully saturated rings. The number of rotatable bonds is 7. The third kappa shape index (κ3) is 4.30. The summed E-state index contributed by atoms with van der Waals surface area (Å²) in [6.45, 7) is 2.60. The van der Waals surface area contributed by atoms with Gasteiger partial charge in [0.15, 0.2) is 0 Å². The Morgan fingerprint density at radius 3 is 2.76 bits per heavy atom. The van der Waals surface area contributed by atoms with Crippen LogP contribution in [-0.2, 0) is 13.1 Å². The highest BCUT2D eigenvalue weighted by Crippen LogP contribution is 2.09. The molecular weight excluding hydrogens is 322 g/mol. The van der Waals surface area contributed by atoms with Crippen LogP contribution < -0.4 is 0 Å². The van der Waals surface area contributed by atoms with Crippen molar-refractivity contribution in [3.63, 3.8) is 0 Å². The summed E-state index contributed by atoms with van der Waals surface area (Å²) >= 11 is 0. The van der Waals surface area contributed by atoms with Gasteiger partial charge >= 0.3 is 0 Å². The average molecular weight is 341 g/mol. The number of hydrogen-bond acceptors (Lipinski definition) is 6. The second kappa shape index (κ2) is 7.71. The van der Waals surface area contributed by atoms with Gasteiger partial charge < -0.3 is 14.5 Å². The maximum Gasteiger partial charge on any atom is 0.295 e. The van der Waals surface area contributed by atoms with E-state index in [0.29, 0.717) is 19.0 Å². The summed E-state index contributed by atoms with van der Waals surface area (Å²) in [7, 11) is 0. The molecule has 0 saturated heterocycles.